The van der Waals surface area contributed by atoms with E-state index in [0.717, 1.165) is 11.1 Å². The van der Waals surface area contributed by atoms with Gasteiger partial charge >= 0.3 is 0 Å². The molecule has 70 valence electrons. The molecule has 0 atom stereocenters. The molecule has 13 heavy (non-hydrogen) atoms. The standard InChI is InChI=1S/C9H11ClN2O/c1-5-6(9(12)13)2-3-8(10)7(5)4-11/h2-3H,4,11H2,1H3,(H2,12,13). The van der Waals surface area contributed by atoms with Crippen molar-refractivity contribution in [1.82, 2.24) is 0 Å². The Bertz CT molecular complexity index is 350. The van der Waals surface area contributed by atoms with Gasteiger partial charge in [-0.25, -0.2) is 0 Å². The minimum Gasteiger partial charge on any atom is -0.366 e. The number of benzene rings is 1. The van der Waals surface area contributed by atoms with Crippen LogP contribution in [0.3, 0.4) is 0 Å². The van der Waals surface area contributed by atoms with Crippen LogP contribution in [-0.2, 0) is 6.54 Å². The molecule has 0 spiro atoms. The number of carbonyl (C=O) groups excluding carboxylic acids is 1. The summed E-state index contributed by atoms with van der Waals surface area (Å²) in [4.78, 5) is 10.9. The second-order valence-corrected chi connectivity index (χ2v) is 3.17. The van der Waals surface area contributed by atoms with Crippen LogP contribution in [0.25, 0.3) is 0 Å². The lowest BCUT2D eigenvalue weighted by Crippen LogP contribution is -2.14. The summed E-state index contributed by atoms with van der Waals surface area (Å²) in [6, 6.07) is 3.25. The monoisotopic (exact) mass is 198 g/mol. The van der Waals surface area contributed by atoms with Gasteiger partial charge in [-0.3, -0.25) is 4.79 Å². The minimum absolute atomic E-state index is 0.311. The van der Waals surface area contributed by atoms with E-state index in [-0.39, 0.29) is 0 Å². The Morgan fingerprint density at radius 2 is 2.15 bits per heavy atom. The molecule has 0 saturated carbocycles. The van der Waals surface area contributed by atoms with Crippen molar-refractivity contribution in [1.29, 1.82) is 0 Å². The zero-order valence-corrected chi connectivity index (χ0v) is 8.06. The summed E-state index contributed by atoms with van der Waals surface area (Å²) < 4.78 is 0. The Labute approximate surface area is 81.7 Å². The van der Waals surface area contributed by atoms with E-state index < -0.39 is 5.91 Å². The molecule has 0 radical (unpaired) electrons. The molecule has 0 unspecified atom stereocenters. The Kier molecular flexibility index (Phi) is 2.90. The first kappa shape index (κ1) is 10.0. The summed E-state index contributed by atoms with van der Waals surface area (Å²) in [5.41, 5.74) is 12.7. The van der Waals surface area contributed by atoms with E-state index in [0.29, 0.717) is 17.1 Å². The van der Waals surface area contributed by atoms with Crippen molar-refractivity contribution in [2.24, 2.45) is 11.5 Å². The summed E-state index contributed by atoms with van der Waals surface area (Å²) in [7, 11) is 0. The van der Waals surface area contributed by atoms with E-state index in [1.165, 1.54) is 0 Å². The first-order chi connectivity index (χ1) is 6.07. The Balaban J connectivity index is 3.35. The fourth-order valence-corrected chi connectivity index (χ4v) is 1.52. The van der Waals surface area contributed by atoms with Crippen molar-refractivity contribution in [2.45, 2.75) is 13.5 Å². The van der Waals surface area contributed by atoms with Crippen molar-refractivity contribution >= 4 is 17.5 Å². The maximum Gasteiger partial charge on any atom is 0.248 e. The summed E-state index contributed by atoms with van der Waals surface area (Å²) in [6.45, 7) is 2.10. The lowest BCUT2D eigenvalue weighted by Gasteiger charge is -2.08. The molecule has 0 aromatic heterocycles. The number of halogens is 1. The lowest BCUT2D eigenvalue weighted by molar-refractivity contribution is 0.0999. The smallest absolute Gasteiger partial charge is 0.248 e. The number of amides is 1. The van der Waals surface area contributed by atoms with Gasteiger partial charge in [0.25, 0.3) is 0 Å². The molecular weight excluding hydrogens is 188 g/mol. The van der Waals surface area contributed by atoms with Gasteiger partial charge in [0.1, 0.15) is 0 Å². The molecule has 0 aliphatic heterocycles. The molecule has 0 aliphatic rings. The predicted molar refractivity (Wildman–Crippen MR) is 52.6 cm³/mol. The number of primary amides is 1. The zero-order valence-electron chi connectivity index (χ0n) is 7.30. The molecular formula is C9H11ClN2O. The summed E-state index contributed by atoms with van der Waals surface area (Å²) >= 11 is 5.87. The highest BCUT2D eigenvalue weighted by Gasteiger charge is 2.10. The second kappa shape index (κ2) is 3.77. The molecule has 1 rings (SSSR count). The molecule has 0 saturated heterocycles. The third-order valence-electron chi connectivity index (χ3n) is 2.01. The Hall–Kier alpha value is -1.06. The van der Waals surface area contributed by atoms with E-state index in [2.05, 4.69) is 0 Å². The highest BCUT2D eigenvalue weighted by molar-refractivity contribution is 6.31. The van der Waals surface area contributed by atoms with Crippen molar-refractivity contribution < 1.29 is 4.79 Å². The third kappa shape index (κ3) is 1.82. The average molecular weight is 199 g/mol. The summed E-state index contributed by atoms with van der Waals surface area (Å²) in [5, 5.41) is 0.574. The van der Waals surface area contributed by atoms with Crippen LogP contribution in [0.15, 0.2) is 12.1 Å². The predicted octanol–water partition coefficient (Wildman–Crippen LogP) is 1.21. The van der Waals surface area contributed by atoms with Gasteiger partial charge in [0.2, 0.25) is 5.91 Å². The van der Waals surface area contributed by atoms with Crippen LogP contribution in [0.4, 0.5) is 0 Å². The summed E-state index contributed by atoms with van der Waals surface area (Å²) in [5.74, 6) is -0.455. The number of carbonyl (C=O) groups is 1. The molecule has 3 nitrogen and oxygen atoms in total. The Morgan fingerprint density at radius 1 is 1.54 bits per heavy atom. The molecule has 0 bridgehead atoms. The normalized spacial score (nSPS) is 10.1. The molecule has 1 amide bonds. The summed E-state index contributed by atoms with van der Waals surface area (Å²) in [6.07, 6.45) is 0. The van der Waals surface area contributed by atoms with E-state index >= 15 is 0 Å². The van der Waals surface area contributed by atoms with Crippen molar-refractivity contribution in [3.8, 4) is 0 Å². The first-order valence-corrected chi connectivity index (χ1v) is 4.23. The van der Waals surface area contributed by atoms with Crippen LogP contribution in [0.2, 0.25) is 5.02 Å². The van der Waals surface area contributed by atoms with Crippen molar-refractivity contribution in [3.63, 3.8) is 0 Å². The highest BCUT2D eigenvalue weighted by atomic mass is 35.5. The van der Waals surface area contributed by atoms with E-state index in [4.69, 9.17) is 23.1 Å². The van der Waals surface area contributed by atoms with E-state index in [9.17, 15) is 4.79 Å². The van der Waals surface area contributed by atoms with Gasteiger partial charge in [-0.15, -0.1) is 0 Å². The lowest BCUT2D eigenvalue weighted by atomic mass is 10.0. The molecule has 1 aromatic rings. The SMILES string of the molecule is Cc1c(C(N)=O)ccc(Cl)c1CN. The highest BCUT2D eigenvalue weighted by Crippen LogP contribution is 2.22. The molecule has 4 N–H and O–H groups in total. The zero-order chi connectivity index (χ0) is 10.0. The number of rotatable bonds is 2. The van der Waals surface area contributed by atoms with Crippen LogP contribution < -0.4 is 11.5 Å². The molecule has 1 aromatic carbocycles. The van der Waals surface area contributed by atoms with Crippen LogP contribution >= 0.6 is 11.6 Å². The molecule has 0 fully saturated rings. The fourth-order valence-electron chi connectivity index (χ4n) is 1.24. The van der Waals surface area contributed by atoms with E-state index in [1.807, 2.05) is 0 Å². The second-order valence-electron chi connectivity index (χ2n) is 2.77. The van der Waals surface area contributed by atoms with Crippen molar-refractivity contribution in [2.75, 3.05) is 0 Å². The maximum atomic E-state index is 10.9. The van der Waals surface area contributed by atoms with Gasteiger partial charge in [-0.2, -0.15) is 0 Å². The van der Waals surface area contributed by atoms with Gasteiger partial charge in [-0.05, 0) is 30.2 Å². The average Bonchev–Trinajstić information content (AvgIpc) is 2.04. The third-order valence-corrected chi connectivity index (χ3v) is 2.36. The van der Waals surface area contributed by atoms with Gasteiger partial charge in [0.15, 0.2) is 0 Å². The minimum atomic E-state index is -0.455. The van der Waals surface area contributed by atoms with Crippen LogP contribution in [-0.4, -0.2) is 5.91 Å². The number of hydrogen-bond donors (Lipinski definition) is 2. The Morgan fingerprint density at radius 3 is 2.62 bits per heavy atom. The first-order valence-electron chi connectivity index (χ1n) is 3.85. The van der Waals surface area contributed by atoms with Crippen LogP contribution in [0.1, 0.15) is 21.5 Å². The molecule has 0 heterocycles. The van der Waals surface area contributed by atoms with Gasteiger partial charge in [-0.1, -0.05) is 11.6 Å². The van der Waals surface area contributed by atoms with Gasteiger partial charge < -0.3 is 11.5 Å². The largest absolute Gasteiger partial charge is 0.366 e. The maximum absolute atomic E-state index is 10.9. The van der Waals surface area contributed by atoms with Crippen molar-refractivity contribution in [3.05, 3.63) is 33.8 Å². The fraction of sp³-hybridized carbons (Fsp3) is 0.222. The number of hydrogen-bond acceptors (Lipinski definition) is 2. The topological polar surface area (TPSA) is 69.1 Å². The van der Waals surface area contributed by atoms with Gasteiger partial charge in [0.05, 0.1) is 0 Å². The molecule has 4 heteroatoms. The molecule has 0 aliphatic carbocycles. The van der Waals surface area contributed by atoms with Crippen LogP contribution in [0, 0.1) is 6.92 Å². The van der Waals surface area contributed by atoms with Gasteiger partial charge in [0, 0.05) is 17.1 Å². The van der Waals surface area contributed by atoms with Crippen LogP contribution in [0.5, 0.6) is 0 Å². The number of nitrogens with two attached hydrogens (primary N) is 2. The quantitative estimate of drug-likeness (QED) is 0.750. The van der Waals surface area contributed by atoms with E-state index in [1.54, 1.807) is 19.1 Å².